The van der Waals surface area contributed by atoms with Gasteiger partial charge in [-0.05, 0) is 57.2 Å². The Balaban J connectivity index is 1.41. The highest BCUT2D eigenvalue weighted by Crippen LogP contribution is 2.44. The Labute approximate surface area is 337 Å². The predicted octanol–water partition coefficient (Wildman–Crippen LogP) is 10.1. The predicted molar refractivity (Wildman–Crippen MR) is 230 cm³/mol. The standard InChI is InChI=1S/C51H38N6O/c58-35-33-45(38-20-19-34-52-37-38)46-36-47(54-50(39-21-7-1-8-22-39,40-23-9-2-10-24-40)41-25-11-3-12-26-41)53-49-48(46)55-56-57(49)51(42-27-13-4-14-28-42,43-29-15-5-16-30-43)44-31-17-6-18-32-44/h1-37H,(H,53,54)/b45-33-. The van der Waals surface area contributed by atoms with Crippen LogP contribution in [0, 0.1) is 0 Å². The van der Waals surface area contributed by atoms with Crippen molar-refractivity contribution in [2.45, 2.75) is 11.1 Å². The van der Waals surface area contributed by atoms with Crippen molar-refractivity contribution in [3.8, 4) is 0 Å². The number of hydrogen-bond acceptors (Lipinski definition) is 6. The van der Waals surface area contributed by atoms with Crippen LogP contribution in [0.3, 0.4) is 0 Å². The minimum atomic E-state index is -1.01. The molecule has 0 saturated carbocycles. The van der Waals surface area contributed by atoms with Crippen LogP contribution in [-0.4, -0.2) is 31.2 Å². The number of nitrogens with zero attached hydrogens (tertiary/aromatic N) is 5. The van der Waals surface area contributed by atoms with Crippen LogP contribution in [0.5, 0.6) is 0 Å². The molecule has 7 nitrogen and oxygen atoms in total. The monoisotopic (exact) mass is 750 g/mol. The van der Waals surface area contributed by atoms with Crippen LogP contribution in [0.15, 0.2) is 219 Å². The van der Waals surface area contributed by atoms with Crippen molar-refractivity contribution >= 4 is 28.8 Å². The van der Waals surface area contributed by atoms with Crippen LogP contribution in [0.25, 0.3) is 16.7 Å². The zero-order valence-electron chi connectivity index (χ0n) is 31.5. The van der Waals surface area contributed by atoms with Crippen molar-refractivity contribution in [1.82, 2.24) is 25.0 Å². The molecule has 9 rings (SSSR count). The van der Waals surface area contributed by atoms with E-state index in [1.54, 1.807) is 18.5 Å². The first-order valence-electron chi connectivity index (χ1n) is 19.2. The lowest BCUT2D eigenvalue weighted by Gasteiger charge is -2.38. The topological polar surface area (TPSA) is 85.6 Å². The van der Waals surface area contributed by atoms with Gasteiger partial charge in [0.05, 0.1) is 0 Å². The third-order valence-corrected chi connectivity index (χ3v) is 10.7. The third kappa shape index (κ3) is 6.25. The fourth-order valence-electron chi connectivity index (χ4n) is 8.21. The van der Waals surface area contributed by atoms with E-state index in [2.05, 4.69) is 119 Å². The second kappa shape index (κ2) is 15.8. The SMILES string of the molecule is O=C/C=C(/c1cccnc1)c1cc(NC(c2ccccc2)(c2ccccc2)c2ccccc2)nc2c1nnn2C(c1ccccc1)(c1ccccc1)c1ccccc1. The second-order valence-electron chi connectivity index (χ2n) is 14.0. The molecule has 1 N–H and O–H groups in total. The van der Waals surface area contributed by atoms with Crippen molar-refractivity contribution in [2.24, 2.45) is 0 Å². The summed E-state index contributed by atoms with van der Waals surface area (Å²) in [7, 11) is 0. The van der Waals surface area contributed by atoms with Crippen molar-refractivity contribution in [3.63, 3.8) is 0 Å². The number of benzene rings is 6. The summed E-state index contributed by atoms with van der Waals surface area (Å²) in [6.07, 6.45) is 5.83. The molecule has 0 spiro atoms. The lowest BCUT2D eigenvalue weighted by atomic mass is 9.77. The van der Waals surface area contributed by atoms with E-state index >= 15 is 0 Å². The molecule has 9 aromatic rings. The molecule has 0 saturated heterocycles. The number of pyridine rings is 2. The van der Waals surface area contributed by atoms with Gasteiger partial charge in [-0.2, -0.15) is 0 Å². The maximum Gasteiger partial charge on any atom is 0.182 e. The van der Waals surface area contributed by atoms with Crippen LogP contribution in [0.1, 0.15) is 44.5 Å². The molecule has 0 bridgehead atoms. The first kappa shape index (κ1) is 35.9. The number of carbonyl (C=O) groups is 1. The molecule has 0 unspecified atom stereocenters. The van der Waals surface area contributed by atoms with Crippen molar-refractivity contribution in [3.05, 3.63) is 263 Å². The van der Waals surface area contributed by atoms with E-state index in [0.717, 1.165) is 45.2 Å². The average molecular weight is 751 g/mol. The van der Waals surface area contributed by atoms with Gasteiger partial charge >= 0.3 is 0 Å². The van der Waals surface area contributed by atoms with Gasteiger partial charge in [0, 0.05) is 23.5 Å². The summed E-state index contributed by atoms with van der Waals surface area (Å²) >= 11 is 0. The third-order valence-electron chi connectivity index (χ3n) is 10.7. The molecule has 3 heterocycles. The number of carbonyl (C=O) groups excluding carboxylic acids is 1. The number of aromatic nitrogens is 5. The van der Waals surface area contributed by atoms with Gasteiger partial charge in [0.2, 0.25) is 0 Å². The highest BCUT2D eigenvalue weighted by atomic mass is 16.1. The number of nitrogens with one attached hydrogen (secondary N) is 1. The van der Waals surface area contributed by atoms with Gasteiger partial charge in [0.25, 0.3) is 0 Å². The van der Waals surface area contributed by atoms with E-state index in [-0.39, 0.29) is 0 Å². The van der Waals surface area contributed by atoms with Gasteiger partial charge in [-0.25, -0.2) is 9.67 Å². The van der Waals surface area contributed by atoms with Gasteiger partial charge < -0.3 is 5.32 Å². The number of hydrogen-bond donors (Lipinski definition) is 1. The number of rotatable bonds is 12. The summed E-state index contributed by atoms with van der Waals surface area (Å²) in [6.45, 7) is 0. The summed E-state index contributed by atoms with van der Waals surface area (Å²) in [6, 6.07) is 68.0. The maximum atomic E-state index is 12.5. The van der Waals surface area contributed by atoms with E-state index in [1.807, 2.05) is 95.7 Å². The molecule has 58 heavy (non-hydrogen) atoms. The summed E-state index contributed by atoms with van der Waals surface area (Å²) in [4.78, 5) is 22.5. The van der Waals surface area contributed by atoms with Gasteiger partial charge in [-0.1, -0.05) is 193 Å². The molecule has 7 heteroatoms. The number of fused-ring (bicyclic) bond motifs is 1. The quantitative estimate of drug-likeness (QED) is 0.0760. The molecular weight excluding hydrogens is 713 g/mol. The van der Waals surface area contributed by atoms with E-state index in [4.69, 9.17) is 15.3 Å². The Morgan fingerprint density at radius 1 is 0.552 bits per heavy atom. The van der Waals surface area contributed by atoms with Crippen LogP contribution in [0.4, 0.5) is 5.82 Å². The first-order valence-corrected chi connectivity index (χ1v) is 19.2. The zero-order chi connectivity index (χ0) is 39.2. The molecule has 0 aliphatic heterocycles. The fourth-order valence-corrected chi connectivity index (χ4v) is 8.21. The second-order valence-corrected chi connectivity index (χ2v) is 14.0. The molecular formula is C51H38N6O. The minimum Gasteiger partial charge on any atom is -0.353 e. The molecule has 0 atom stereocenters. The van der Waals surface area contributed by atoms with Crippen molar-refractivity contribution < 1.29 is 4.79 Å². The van der Waals surface area contributed by atoms with Gasteiger partial charge in [0.1, 0.15) is 28.7 Å². The minimum absolute atomic E-state index is 0.514. The Kier molecular flexibility index (Phi) is 9.76. The van der Waals surface area contributed by atoms with Gasteiger partial charge in [-0.3, -0.25) is 9.78 Å². The fraction of sp³-hybridized carbons (Fsp3) is 0.0392. The lowest BCUT2D eigenvalue weighted by molar-refractivity contribution is -0.104. The van der Waals surface area contributed by atoms with Crippen molar-refractivity contribution in [1.29, 1.82) is 0 Å². The number of aldehydes is 1. The maximum absolute atomic E-state index is 12.5. The van der Waals surface area contributed by atoms with E-state index in [0.29, 0.717) is 28.1 Å². The molecule has 278 valence electrons. The number of anilines is 1. The molecule has 0 aliphatic carbocycles. The average Bonchev–Trinajstić information content (AvgIpc) is 3.74. The first-order chi connectivity index (χ1) is 28.7. The molecule has 0 fully saturated rings. The molecule has 3 aromatic heterocycles. The molecule has 6 aromatic carbocycles. The van der Waals surface area contributed by atoms with Crippen LogP contribution < -0.4 is 5.32 Å². The summed E-state index contributed by atoms with van der Waals surface area (Å²) < 4.78 is 1.94. The van der Waals surface area contributed by atoms with Crippen LogP contribution >= 0.6 is 0 Å². The molecule has 0 radical (unpaired) electrons. The Hall–Kier alpha value is -7.77. The normalized spacial score (nSPS) is 12.0. The van der Waals surface area contributed by atoms with E-state index in [1.165, 1.54) is 0 Å². The Morgan fingerprint density at radius 2 is 1.00 bits per heavy atom. The van der Waals surface area contributed by atoms with E-state index in [9.17, 15) is 4.79 Å². The largest absolute Gasteiger partial charge is 0.353 e. The summed E-state index contributed by atoms with van der Waals surface area (Å²) in [5, 5.41) is 14.0. The highest BCUT2D eigenvalue weighted by Gasteiger charge is 2.42. The summed E-state index contributed by atoms with van der Waals surface area (Å²) in [5.41, 5.74) is 7.17. The van der Waals surface area contributed by atoms with Crippen molar-refractivity contribution in [2.75, 3.05) is 5.32 Å². The zero-order valence-corrected chi connectivity index (χ0v) is 31.5. The van der Waals surface area contributed by atoms with Gasteiger partial charge in [-0.15, -0.1) is 5.10 Å². The molecule has 0 amide bonds. The van der Waals surface area contributed by atoms with Crippen LogP contribution in [0.2, 0.25) is 0 Å². The number of allylic oxidation sites excluding steroid dienone is 1. The molecule has 0 aliphatic rings. The Bertz CT molecular complexity index is 2600. The summed E-state index contributed by atoms with van der Waals surface area (Å²) in [5.74, 6) is 0.548. The Morgan fingerprint density at radius 3 is 1.41 bits per heavy atom. The highest BCUT2D eigenvalue weighted by molar-refractivity contribution is 5.98. The lowest BCUT2D eigenvalue weighted by Crippen LogP contribution is -2.39. The van der Waals surface area contributed by atoms with E-state index < -0.39 is 11.1 Å². The van der Waals surface area contributed by atoms with Gasteiger partial charge in [0.15, 0.2) is 5.65 Å². The smallest absolute Gasteiger partial charge is 0.182 e. The van der Waals surface area contributed by atoms with Crippen LogP contribution in [-0.2, 0) is 15.9 Å².